The number of rotatable bonds is 6. The quantitative estimate of drug-likeness (QED) is 0.626. The molecule has 27 heavy (non-hydrogen) atoms. The Hall–Kier alpha value is -2.53. The Balaban J connectivity index is 1.70. The average Bonchev–Trinajstić information content (AvgIpc) is 3.22. The van der Waals surface area contributed by atoms with Gasteiger partial charge in [0, 0.05) is 19.6 Å². The van der Waals surface area contributed by atoms with Crippen LogP contribution in [0, 0.1) is 0 Å². The van der Waals surface area contributed by atoms with E-state index in [1.807, 2.05) is 12.1 Å². The number of aliphatic imine (C=N–C) groups is 1. The summed E-state index contributed by atoms with van der Waals surface area (Å²) >= 11 is 0. The molecule has 0 spiro atoms. The van der Waals surface area contributed by atoms with Crippen molar-refractivity contribution in [1.82, 2.24) is 15.1 Å². The van der Waals surface area contributed by atoms with E-state index >= 15 is 0 Å². The van der Waals surface area contributed by atoms with Crippen LogP contribution in [-0.2, 0) is 0 Å². The lowest BCUT2D eigenvalue weighted by Crippen LogP contribution is -2.44. The third-order valence-electron chi connectivity index (χ3n) is 4.90. The van der Waals surface area contributed by atoms with Gasteiger partial charge in [-0.15, -0.1) is 0 Å². The number of hydrogen-bond acceptors (Lipinski definition) is 3. The molecule has 0 aliphatic carbocycles. The van der Waals surface area contributed by atoms with Crippen LogP contribution in [0.3, 0.4) is 0 Å². The van der Waals surface area contributed by atoms with Crippen LogP contribution in [0.25, 0.3) is 5.57 Å². The van der Waals surface area contributed by atoms with Crippen LogP contribution in [0.5, 0.6) is 0 Å². The van der Waals surface area contributed by atoms with E-state index in [1.165, 1.54) is 11.1 Å². The van der Waals surface area contributed by atoms with Gasteiger partial charge in [-0.2, -0.15) is 0 Å². The van der Waals surface area contributed by atoms with Gasteiger partial charge >= 0.3 is 0 Å². The second-order valence-corrected chi connectivity index (χ2v) is 6.98. The van der Waals surface area contributed by atoms with Crippen molar-refractivity contribution < 1.29 is 4.42 Å². The van der Waals surface area contributed by atoms with E-state index in [4.69, 9.17) is 9.41 Å². The van der Waals surface area contributed by atoms with Gasteiger partial charge in [-0.1, -0.05) is 36.4 Å². The molecule has 0 amide bonds. The van der Waals surface area contributed by atoms with Crippen LogP contribution in [0.15, 0.2) is 64.2 Å². The minimum Gasteiger partial charge on any atom is -0.468 e. The SMILES string of the molecule is CCNC(=NCC(c1ccco1)N(C)C)N1CC=C(c2ccccc2)CC1. The summed E-state index contributed by atoms with van der Waals surface area (Å²) in [5.41, 5.74) is 2.74. The van der Waals surface area contributed by atoms with Gasteiger partial charge in [-0.05, 0) is 50.7 Å². The predicted octanol–water partition coefficient (Wildman–Crippen LogP) is 3.64. The Morgan fingerprint density at radius 2 is 2.04 bits per heavy atom. The molecule has 0 fully saturated rings. The van der Waals surface area contributed by atoms with E-state index in [-0.39, 0.29) is 6.04 Å². The monoisotopic (exact) mass is 366 g/mol. The molecule has 1 unspecified atom stereocenters. The highest BCUT2D eigenvalue weighted by Gasteiger charge is 2.19. The number of nitrogens with one attached hydrogen (secondary N) is 1. The van der Waals surface area contributed by atoms with Gasteiger partial charge in [-0.3, -0.25) is 9.89 Å². The summed E-state index contributed by atoms with van der Waals surface area (Å²) in [5, 5.41) is 3.44. The first-order valence-corrected chi connectivity index (χ1v) is 9.66. The van der Waals surface area contributed by atoms with Crippen LogP contribution in [0.4, 0.5) is 0 Å². The number of guanidine groups is 1. The molecule has 2 heterocycles. The third kappa shape index (κ3) is 5.01. The van der Waals surface area contributed by atoms with Crippen molar-refractivity contribution >= 4 is 11.5 Å². The van der Waals surface area contributed by atoms with Crippen molar-refractivity contribution in [2.24, 2.45) is 4.99 Å². The summed E-state index contributed by atoms with van der Waals surface area (Å²) in [4.78, 5) is 9.39. The molecule has 1 atom stereocenters. The zero-order chi connectivity index (χ0) is 19.1. The molecule has 5 heteroatoms. The van der Waals surface area contributed by atoms with Crippen LogP contribution < -0.4 is 5.32 Å². The molecule has 0 saturated carbocycles. The van der Waals surface area contributed by atoms with Gasteiger partial charge in [0.15, 0.2) is 5.96 Å². The molecule has 1 N–H and O–H groups in total. The molecule has 1 aliphatic rings. The summed E-state index contributed by atoms with van der Waals surface area (Å²) in [6, 6.07) is 14.7. The van der Waals surface area contributed by atoms with E-state index in [0.29, 0.717) is 6.54 Å². The largest absolute Gasteiger partial charge is 0.468 e. The molecule has 1 aliphatic heterocycles. The van der Waals surface area contributed by atoms with Gasteiger partial charge < -0.3 is 14.6 Å². The van der Waals surface area contributed by atoms with Gasteiger partial charge in [0.05, 0.1) is 18.8 Å². The van der Waals surface area contributed by atoms with Crippen LogP contribution in [-0.4, -0.2) is 56.0 Å². The summed E-state index contributed by atoms with van der Waals surface area (Å²) < 4.78 is 5.60. The van der Waals surface area contributed by atoms with Crippen molar-refractivity contribution in [3.63, 3.8) is 0 Å². The number of furan rings is 1. The molecule has 2 aromatic rings. The molecule has 1 aromatic heterocycles. The molecular weight excluding hydrogens is 336 g/mol. The first kappa shape index (κ1) is 19.2. The Kier molecular flexibility index (Phi) is 6.71. The van der Waals surface area contributed by atoms with E-state index in [1.54, 1.807) is 6.26 Å². The second kappa shape index (κ2) is 9.42. The van der Waals surface area contributed by atoms with Crippen LogP contribution in [0.1, 0.15) is 30.7 Å². The summed E-state index contributed by atoms with van der Waals surface area (Å²) in [7, 11) is 4.12. The third-order valence-corrected chi connectivity index (χ3v) is 4.90. The molecule has 1 aromatic carbocycles. The molecule has 0 bridgehead atoms. The van der Waals surface area contributed by atoms with Gasteiger partial charge in [0.25, 0.3) is 0 Å². The number of benzene rings is 1. The topological polar surface area (TPSA) is 44.0 Å². The zero-order valence-electron chi connectivity index (χ0n) is 16.6. The Morgan fingerprint density at radius 1 is 1.22 bits per heavy atom. The lowest BCUT2D eigenvalue weighted by atomic mass is 10.00. The second-order valence-electron chi connectivity index (χ2n) is 6.98. The summed E-state index contributed by atoms with van der Waals surface area (Å²) in [6.45, 7) is 5.48. The average molecular weight is 367 g/mol. The molecule has 0 radical (unpaired) electrons. The molecule has 0 saturated heterocycles. The van der Waals surface area contributed by atoms with E-state index in [9.17, 15) is 0 Å². The van der Waals surface area contributed by atoms with Crippen LogP contribution in [0.2, 0.25) is 0 Å². The smallest absolute Gasteiger partial charge is 0.194 e. The van der Waals surface area contributed by atoms with Crippen LogP contribution >= 0.6 is 0 Å². The maximum absolute atomic E-state index is 5.60. The van der Waals surface area contributed by atoms with Gasteiger partial charge in [0.2, 0.25) is 0 Å². The summed E-state index contributed by atoms with van der Waals surface area (Å²) in [5.74, 6) is 1.92. The Labute approximate surface area is 162 Å². The van der Waals surface area contributed by atoms with Gasteiger partial charge in [0.1, 0.15) is 5.76 Å². The highest BCUT2D eigenvalue weighted by atomic mass is 16.3. The maximum atomic E-state index is 5.60. The Bertz CT molecular complexity index is 750. The van der Waals surface area contributed by atoms with E-state index in [2.05, 4.69) is 72.5 Å². The maximum Gasteiger partial charge on any atom is 0.194 e. The molecule has 5 nitrogen and oxygen atoms in total. The van der Waals surface area contributed by atoms with Crippen molar-refractivity contribution in [2.45, 2.75) is 19.4 Å². The first-order chi connectivity index (χ1) is 13.2. The van der Waals surface area contributed by atoms with Gasteiger partial charge in [-0.25, -0.2) is 0 Å². The highest BCUT2D eigenvalue weighted by molar-refractivity contribution is 5.81. The minimum atomic E-state index is 0.133. The number of nitrogens with zero attached hydrogens (tertiary/aromatic N) is 3. The summed E-state index contributed by atoms with van der Waals surface area (Å²) in [6.07, 6.45) is 5.08. The fourth-order valence-corrected chi connectivity index (χ4v) is 3.36. The molecule has 144 valence electrons. The first-order valence-electron chi connectivity index (χ1n) is 9.66. The fourth-order valence-electron chi connectivity index (χ4n) is 3.36. The van der Waals surface area contributed by atoms with Crippen molar-refractivity contribution in [2.75, 3.05) is 40.3 Å². The van der Waals surface area contributed by atoms with Crippen molar-refractivity contribution in [3.8, 4) is 0 Å². The lowest BCUT2D eigenvalue weighted by Gasteiger charge is -2.30. The number of likely N-dealkylation sites (N-methyl/N-ethyl adjacent to an activating group) is 1. The predicted molar refractivity (Wildman–Crippen MR) is 112 cm³/mol. The normalized spacial score (nSPS) is 16.4. The minimum absolute atomic E-state index is 0.133. The molecule has 3 rings (SSSR count). The standard InChI is InChI=1S/C22H30N4O/c1-4-23-22(24-17-20(25(2)3)21-11-8-16-27-21)26-14-12-19(13-15-26)18-9-6-5-7-10-18/h5-12,16,20H,4,13-15,17H2,1-3H3,(H,23,24). The Morgan fingerprint density at radius 3 is 2.63 bits per heavy atom. The van der Waals surface area contributed by atoms with Crippen molar-refractivity contribution in [1.29, 1.82) is 0 Å². The fraction of sp³-hybridized carbons (Fsp3) is 0.409. The molecular formula is C22H30N4O. The number of hydrogen-bond donors (Lipinski definition) is 1. The highest BCUT2D eigenvalue weighted by Crippen LogP contribution is 2.23. The van der Waals surface area contributed by atoms with E-state index < -0.39 is 0 Å². The van der Waals surface area contributed by atoms with E-state index in [0.717, 1.165) is 37.8 Å². The van der Waals surface area contributed by atoms with Crippen molar-refractivity contribution in [3.05, 3.63) is 66.1 Å². The zero-order valence-corrected chi connectivity index (χ0v) is 16.6. The lowest BCUT2D eigenvalue weighted by molar-refractivity contribution is 0.264.